The number of nitrogens with one attached hydrogen (secondary N) is 2. The SMILES string of the molecule is CCC(Sc1cccc(NC(=O)c2ccc(F)cc2)c1)C(=O)Nc1ccccc1C(=O)OC. The van der Waals surface area contributed by atoms with E-state index in [1.807, 2.05) is 13.0 Å². The number of carbonyl (C=O) groups excluding carboxylic acids is 3. The van der Waals surface area contributed by atoms with Crippen LogP contribution in [0.2, 0.25) is 0 Å². The average Bonchev–Trinajstić information content (AvgIpc) is 2.83. The van der Waals surface area contributed by atoms with Crippen molar-refractivity contribution in [3.05, 3.63) is 89.7 Å². The predicted octanol–water partition coefficient (Wildman–Crippen LogP) is 5.37. The van der Waals surface area contributed by atoms with Crippen molar-refractivity contribution in [3.63, 3.8) is 0 Å². The summed E-state index contributed by atoms with van der Waals surface area (Å²) < 4.78 is 17.9. The van der Waals surface area contributed by atoms with Gasteiger partial charge in [0, 0.05) is 16.1 Å². The number of carbonyl (C=O) groups is 3. The molecule has 3 aromatic carbocycles. The number of halogens is 1. The second-order valence-electron chi connectivity index (χ2n) is 7.03. The summed E-state index contributed by atoms with van der Waals surface area (Å²) in [5, 5.41) is 5.16. The van der Waals surface area contributed by atoms with Crippen molar-refractivity contribution in [1.29, 1.82) is 0 Å². The van der Waals surface area contributed by atoms with Gasteiger partial charge in [-0.05, 0) is 61.0 Å². The summed E-state index contributed by atoms with van der Waals surface area (Å²) in [6.45, 7) is 1.89. The fourth-order valence-electron chi connectivity index (χ4n) is 3.03. The molecule has 0 aliphatic heterocycles. The summed E-state index contributed by atoms with van der Waals surface area (Å²) in [7, 11) is 1.29. The summed E-state index contributed by atoms with van der Waals surface area (Å²) in [4.78, 5) is 38.0. The summed E-state index contributed by atoms with van der Waals surface area (Å²) in [6, 6.07) is 19.0. The number of anilines is 2. The highest BCUT2D eigenvalue weighted by Gasteiger charge is 2.21. The average molecular weight is 467 g/mol. The van der Waals surface area contributed by atoms with Gasteiger partial charge in [0.1, 0.15) is 5.82 Å². The predicted molar refractivity (Wildman–Crippen MR) is 127 cm³/mol. The van der Waals surface area contributed by atoms with E-state index < -0.39 is 17.0 Å². The highest BCUT2D eigenvalue weighted by atomic mass is 32.2. The Bertz CT molecular complexity index is 1150. The first-order valence-corrected chi connectivity index (χ1v) is 11.1. The van der Waals surface area contributed by atoms with Crippen molar-refractivity contribution in [2.45, 2.75) is 23.5 Å². The molecule has 0 spiro atoms. The van der Waals surface area contributed by atoms with Crippen LogP contribution in [0.15, 0.2) is 77.7 Å². The van der Waals surface area contributed by atoms with Crippen LogP contribution in [0, 0.1) is 5.82 Å². The Morgan fingerprint density at radius 1 is 0.970 bits per heavy atom. The van der Waals surface area contributed by atoms with E-state index in [9.17, 15) is 18.8 Å². The zero-order valence-corrected chi connectivity index (χ0v) is 18.9. The second kappa shape index (κ2) is 11.3. The third-order valence-corrected chi connectivity index (χ3v) is 6.09. The van der Waals surface area contributed by atoms with Gasteiger partial charge in [-0.15, -0.1) is 11.8 Å². The van der Waals surface area contributed by atoms with E-state index in [0.717, 1.165) is 4.90 Å². The molecule has 3 rings (SSSR count). The molecule has 0 aliphatic rings. The minimum absolute atomic E-state index is 0.250. The molecule has 0 aromatic heterocycles. The fourth-order valence-corrected chi connectivity index (χ4v) is 4.04. The van der Waals surface area contributed by atoms with Crippen LogP contribution in [-0.2, 0) is 9.53 Å². The van der Waals surface area contributed by atoms with E-state index in [0.29, 0.717) is 23.4 Å². The molecule has 6 nitrogen and oxygen atoms in total. The van der Waals surface area contributed by atoms with Crippen LogP contribution < -0.4 is 10.6 Å². The summed E-state index contributed by atoms with van der Waals surface area (Å²) in [6.07, 6.45) is 0.545. The van der Waals surface area contributed by atoms with Crippen LogP contribution in [0.25, 0.3) is 0 Å². The number of para-hydroxylation sites is 1. The first-order chi connectivity index (χ1) is 15.9. The van der Waals surface area contributed by atoms with Gasteiger partial charge in [0.15, 0.2) is 0 Å². The van der Waals surface area contributed by atoms with Gasteiger partial charge in [-0.3, -0.25) is 9.59 Å². The number of benzene rings is 3. The number of rotatable bonds is 8. The number of amides is 2. The molecule has 2 N–H and O–H groups in total. The lowest BCUT2D eigenvalue weighted by atomic mass is 10.1. The minimum Gasteiger partial charge on any atom is -0.465 e. The van der Waals surface area contributed by atoms with E-state index in [-0.39, 0.29) is 17.4 Å². The smallest absolute Gasteiger partial charge is 0.339 e. The molecule has 2 amide bonds. The molecule has 3 aromatic rings. The Balaban J connectivity index is 1.69. The van der Waals surface area contributed by atoms with Gasteiger partial charge in [-0.25, -0.2) is 9.18 Å². The van der Waals surface area contributed by atoms with E-state index in [1.165, 1.54) is 43.1 Å². The largest absolute Gasteiger partial charge is 0.465 e. The van der Waals surface area contributed by atoms with Gasteiger partial charge < -0.3 is 15.4 Å². The summed E-state index contributed by atoms with van der Waals surface area (Å²) >= 11 is 1.35. The fraction of sp³-hybridized carbons (Fsp3) is 0.160. The van der Waals surface area contributed by atoms with Crippen LogP contribution in [0.3, 0.4) is 0 Å². The maximum Gasteiger partial charge on any atom is 0.339 e. The molecular weight excluding hydrogens is 443 g/mol. The molecule has 0 saturated heterocycles. The van der Waals surface area contributed by atoms with Gasteiger partial charge >= 0.3 is 5.97 Å². The number of esters is 1. The zero-order chi connectivity index (χ0) is 23.8. The van der Waals surface area contributed by atoms with E-state index >= 15 is 0 Å². The molecule has 170 valence electrons. The van der Waals surface area contributed by atoms with Crippen molar-refractivity contribution in [2.75, 3.05) is 17.7 Å². The quantitative estimate of drug-likeness (QED) is 0.344. The van der Waals surface area contributed by atoms with Crippen molar-refractivity contribution < 1.29 is 23.5 Å². The maximum absolute atomic E-state index is 13.1. The zero-order valence-electron chi connectivity index (χ0n) is 18.1. The van der Waals surface area contributed by atoms with Gasteiger partial charge in [-0.2, -0.15) is 0 Å². The Morgan fingerprint density at radius 3 is 2.39 bits per heavy atom. The molecule has 0 aliphatic carbocycles. The Hall–Kier alpha value is -3.65. The van der Waals surface area contributed by atoms with Crippen molar-refractivity contribution >= 4 is 40.9 Å². The number of hydrogen-bond donors (Lipinski definition) is 2. The van der Waals surface area contributed by atoms with E-state index in [1.54, 1.807) is 42.5 Å². The Kier molecular flexibility index (Phi) is 8.21. The summed E-state index contributed by atoms with van der Waals surface area (Å²) in [5.74, 6) is -1.56. The molecule has 0 fully saturated rings. The van der Waals surface area contributed by atoms with Crippen LogP contribution in [0.4, 0.5) is 15.8 Å². The molecule has 33 heavy (non-hydrogen) atoms. The molecule has 1 atom stereocenters. The van der Waals surface area contributed by atoms with Crippen molar-refractivity contribution in [1.82, 2.24) is 0 Å². The molecular formula is C25H23FN2O4S. The van der Waals surface area contributed by atoms with E-state index in [2.05, 4.69) is 10.6 Å². The lowest BCUT2D eigenvalue weighted by molar-refractivity contribution is -0.115. The highest BCUT2D eigenvalue weighted by molar-refractivity contribution is 8.00. The number of thioether (sulfide) groups is 1. The maximum atomic E-state index is 13.1. The first-order valence-electron chi connectivity index (χ1n) is 10.2. The van der Waals surface area contributed by atoms with Crippen molar-refractivity contribution in [2.24, 2.45) is 0 Å². The monoisotopic (exact) mass is 466 g/mol. The van der Waals surface area contributed by atoms with Crippen molar-refractivity contribution in [3.8, 4) is 0 Å². The van der Waals surface area contributed by atoms with Crippen LogP contribution in [-0.4, -0.2) is 30.1 Å². The molecule has 1 unspecified atom stereocenters. The number of methoxy groups -OCH3 is 1. The molecule has 8 heteroatoms. The lowest BCUT2D eigenvalue weighted by Crippen LogP contribution is -2.25. The normalized spacial score (nSPS) is 11.4. The Morgan fingerprint density at radius 2 is 1.70 bits per heavy atom. The standard InChI is InChI=1S/C25H23FN2O4S/c1-3-22(24(30)28-21-10-5-4-9-20(21)25(31)32-2)33-19-8-6-7-18(15-19)27-23(29)16-11-13-17(26)14-12-16/h4-15,22H,3H2,1-2H3,(H,27,29)(H,28,30). The van der Waals surface area contributed by atoms with E-state index in [4.69, 9.17) is 4.74 Å². The lowest BCUT2D eigenvalue weighted by Gasteiger charge is -2.16. The van der Waals surface area contributed by atoms with Gasteiger partial charge in [0.05, 0.1) is 23.6 Å². The number of ether oxygens (including phenoxy) is 1. The molecule has 0 saturated carbocycles. The Labute approximate surface area is 195 Å². The third-order valence-electron chi connectivity index (χ3n) is 4.73. The molecule has 0 radical (unpaired) electrons. The third kappa shape index (κ3) is 6.43. The van der Waals surface area contributed by atoms with Crippen LogP contribution >= 0.6 is 11.8 Å². The highest BCUT2D eigenvalue weighted by Crippen LogP contribution is 2.29. The minimum atomic E-state index is -0.531. The second-order valence-corrected chi connectivity index (χ2v) is 8.31. The van der Waals surface area contributed by atoms with Gasteiger partial charge in [0.2, 0.25) is 5.91 Å². The van der Waals surface area contributed by atoms with Crippen LogP contribution in [0.5, 0.6) is 0 Å². The molecule has 0 bridgehead atoms. The topological polar surface area (TPSA) is 84.5 Å². The summed E-state index contributed by atoms with van der Waals surface area (Å²) in [5.41, 5.74) is 1.55. The number of hydrogen-bond acceptors (Lipinski definition) is 5. The van der Waals surface area contributed by atoms with Gasteiger partial charge in [0.25, 0.3) is 5.91 Å². The molecule has 0 heterocycles. The first kappa shape index (κ1) is 24.0. The van der Waals surface area contributed by atoms with Crippen LogP contribution in [0.1, 0.15) is 34.1 Å². The van der Waals surface area contributed by atoms with Gasteiger partial charge in [-0.1, -0.05) is 25.1 Å².